The van der Waals surface area contributed by atoms with Crippen LogP contribution in [0.2, 0.25) is 0 Å². The lowest BCUT2D eigenvalue weighted by atomic mass is 9.87. The smallest absolute Gasteiger partial charge is 0.343 e. The summed E-state index contributed by atoms with van der Waals surface area (Å²) in [6.45, 7) is 2.08. The van der Waals surface area contributed by atoms with E-state index in [-0.39, 0.29) is 17.6 Å². The molecule has 1 aliphatic carbocycles. The average Bonchev–Trinajstić information content (AvgIpc) is 3.38. The van der Waals surface area contributed by atoms with E-state index in [2.05, 4.69) is 18.4 Å². The molecule has 2 heterocycles. The van der Waals surface area contributed by atoms with E-state index in [1.807, 2.05) is 36.4 Å². The molecule has 27 heavy (non-hydrogen) atoms. The average molecular weight is 381 g/mol. The summed E-state index contributed by atoms with van der Waals surface area (Å²) in [5, 5.41) is 12.8. The van der Waals surface area contributed by atoms with Crippen molar-refractivity contribution < 1.29 is 9.52 Å². The SMILES string of the molecule is CCC(Cc1cccs1)c1cc(O)c(C(c2ccccc2)C2CC2)c(=O)o1. The molecular formula is C23H24O3S. The maximum atomic E-state index is 12.9. The van der Waals surface area contributed by atoms with Crippen LogP contribution in [0.1, 0.15) is 59.8 Å². The van der Waals surface area contributed by atoms with Crippen LogP contribution in [0, 0.1) is 5.92 Å². The molecule has 4 heteroatoms. The second kappa shape index (κ2) is 7.73. The van der Waals surface area contributed by atoms with Crippen molar-refractivity contribution in [2.24, 2.45) is 5.92 Å². The van der Waals surface area contributed by atoms with E-state index in [1.54, 1.807) is 17.4 Å². The zero-order valence-electron chi connectivity index (χ0n) is 15.4. The molecule has 1 N–H and O–H groups in total. The normalized spacial score (nSPS) is 16.2. The Hall–Kier alpha value is -2.33. The molecule has 0 radical (unpaired) electrons. The Bertz CT molecular complexity index is 940. The third kappa shape index (κ3) is 3.86. The van der Waals surface area contributed by atoms with Gasteiger partial charge in [-0.05, 0) is 48.6 Å². The molecule has 0 bridgehead atoms. The topological polar surface area (TPSA) is 50.4 Å². The van der Waals surface area contributed by atoms with Crippen molar-refractivity contribution in [2.45, 2.75) is 44.4 Å². The highest BCUT2D eigenvalue weighted by molar-refractivity contribution is 7.09. The molecule has 2 unspecified atom stereocenters. The van der Waals surface area contributed by atoms with Gasteiger partial charge in [0, 0.05) is 22.8 Å². The van der Waals surface area contributed by atoms with Gasteiger partial charge >= 0.3 is 5.63 Å². The van der Waals surface area contributed by atoms with Gasteiger partial charge in [0.25, 0.3) is 0 Å². The van der Waals surface area contributed by atoms with Crippen LogP contribution in [0.3, 0.4) is 0 Å². The van der Waals surface area contributed by atoms with E-state index < -0.39 is 5.63 Å². The Balaban J connectivity index is 1.70. The van der Waals surface area contributed by atoms with Gasteiger partial charge in [0.2, 0.25) is 0 Å². The predicted octanol–water partition coefficient (Wildman–Crippen LogP) is 5.69. The zero-order valence-corrected chi connectivity index (χ0v) is 16.2. The summed E-state index contributed by atoms with van der Waals surface area (Å²) in [4.78, 5) is 14.2. The lowest BCUT2D eigenvalue weighted by molar-refractivity contribution is 0.380. The van der Waals surface area contributed by atoms with Gasteiger partial charge in [0.05, 0.1) is 5.56 Å². The molecule has 3 nitrogen and oxygen atoms in total. The van der Waals surface area contributed by atoms with Gasteiger partial charge in [-0.2, -0.15) is 0 Å². The number of hydrogen-bond acceptors (Lipinski definition) is 4. The molecule has 0 amide bonds. The molecule has 2 aromatic heterocycles. The molecule has 4 rings (SSSR count). The molecular weight excluding hydrogens is 356 g/mol. The number of rotatable bonds is 7. The highest BCUT2D eigenvalue weighted by Crippen LogP contribution is 2.47. The van der Waals surface area contributed by atoms with Crippen molar-refractivity contribution in [3.63, 3.8) is 0 Å². The molecule has 1 aliphatic rings. The van der Waals surface area contributed by atoms with Gasteiger partial charge in [-0.25, -0.2) is 4.79 Å². The Morgan fingerprint density at radius 2 is 1.96 bits per heavy atom. The summed E-state index contributed by atoms with van der Waals surface area (Å²) in [5.74, 6) is 1.06. The Labute approximate surface area is 163 Å². The van der Waals surface area contributed by atoms with Crippen LogP contribution in [-0.2, 0) is 6.42 Å². The number of thiophene rings is 1. The van der Waals surface area contributed by atoms with E-state index in [4.69, 9.17) is 4.42 Å². The first-order valence-electron chi connectivity index (χ1n) is 9.61. The summed E-state index contributed by atoms with van der Waals surface area (Å²) in [6, 6.07) is 15.8. The van der Waals surface area contributed by atoms with E-state index in [9.17, 15) is 9.90 Å². The highest BCUT2D eigenvalue weighted by atomic mass is 32.1. The lowest BCUT2D eigenvalue weighted by Gasteiger charge is -2.19. The molecule has 0 saturated heterocycles. The highest BCUT2D eigenvalue weighted by Gasteiger charge is 2.37. The zero-order chi connectivity index (χ0) is 18.8. The maximum absolute atomic E-state index is 12.9. The van der Waals surface area contributed by atoms with Crippen LogP contribution in [0.25, 0.3) is 0 Å². The molecule has 1 aromatic carbocycles. The van der Waals surface area contributed by atoms with Gasteiger partial charge in [0.15, 0.2) is 0 Å². The van der Waals surface area contributed by atoms with Crippen molar-refractivity contribution >= 4 is 11.3 Å². The van der Waals surface area contributed by atoms with E-state index in [0.717, 1.165) is 31.2 Å². The Kier molecular flexibility index (Phi) is 5.17. The molecule has 2 atom stereocenters. The fraction of sp³-hybridized carbons (Fsp3) is 0.348. The molecule has 1 saturated carbocycles. The quantitative estimate of drug-likeness (QED) is 0.573. The minimum atomic E-state index is -0.393. The third-order valence-electron chi connectivity index (χ3n) is 5.47. The summed E-state index contributed by atoms with van der Waals surface area (Å²) < 4.78 is 5.76. The van der Waals surface area contributed by atoms with Gasteiger partial charge < -0.3 is 9.52 Å². The molecule has 3 aromatic rings. The van der Waals surface area contributed by atoms with Crippen LogP contribution >= 0.6 is 11.3 Å². The fourth-order valence-corrected chi connectivity index (χ4v) is 4.66. The molecule has 1 fully saturated rings. The Morgan fingerprint density at radius 1 is 1.19 bits per heavy atom. The summed E-state index contributed by atoms with van der Waals surface area (Å²) in [6.07, 6.45) is 3.83. The van der Waals surface area contributed by atoms with E-state index in [1.165, 1.54) is 4.88 Å². The number of aromatic hydroxyl groups is 1. The lowest BCUT2D eigenvalue weighted by Crippen LogP contribution is -2.17. The third-order valence-corrected chi connectivity index (χ3v) is 6.37. The van der Waals surface area contributed by atoms with Crippen molar-refractivity contribution in [1.82, 2.24) is 0 Å². The van der Waals surface area contributed by atoms with Crippen LogP contribution in [0.15, 0.2) is 63.1 Å². The van der Waals surface area contributed by atoms with Gasteiger partial charge in [0.1, 0.15) is 11.5 Å². The van der Waals surface area contributed by atoms with Crippen LogP contribution in [-0.4, -0.2) is 5.11 Å². The second-order valence-electron chi connectivity index (χ2n) is 7.35. The van der Waals surface area contributed by atoms with Crippen molar-refractivity contribution in [3.8, 4) is 5.75 Å². The standard InChI is InChI=1S/C23H24O3S/c1-2-15(13-18-9-6-12-27-18)20-14-19(24)22(23(25)26-20)21(17-10-11-17)16-7-4-3-5-8-16/h3-9,12,14-15,17,21,24H,2,10-11,13H2,1H3. The number of benzene rings is 1. The molecule has 140 valence electrons. The van der Waals surface area contributed by atoms with Crippen molar-refractivity contribution in [2.75, 3.05) is 0 Å². The van der Waals surface area contributed by atoms with E-state index in [0.29, 0.717) is 17.2 Å². The summed E-state index contributed by atoms with van der Waals surface area (Å²) in [7, 11) is 0. The minimum absolute atomic E-state index is 0.0756. The second-order valence-corrected chi connectivity index (χ2v) is 8.38. The molecule has 0 spiro atoms. The fourth-order valence-electron chi connectivity index (χ4n) is 3.88. The van der Waals surface area contributed by atoms with Crippen molar-refractivity contribution in [3.05, 3.63) is 86.1 Å². The largest absolute Gasteiger partial charge is 0.507 e. The number of hydrogen-bond donors (Lipinski definition) is 1. The predicted molar refractivity (Wildman–Crippen MR) is 109 cm³/mol. The Morgan fingerprint density at radius 3 is 2.56 bits per heavy atom. The minimum Gasteiger partial charge on any atom is -0.507 e. The van der Waals surface area contributed by atoms with E-state index >= 15 is 0 Å². The first-order valence-corrected chi connectivity index (χ1v) is 10.5. The summed E-state index contributed by atoms with van der Waals surface area (Å²) in [5.41, 5.74) is 1.09. The van der Waals surface area contributed by atoms with Crippen molar-refractivity contribution in [1.29, 1.82) is 0 Å². The van der Waals surface area contributed by atoms with Gasteiger partial charge in [-0.15, -0.1) is 11.3 Å². The first-order chi connectivity index (χ1) is 13.2. The van der Waals surface area contributed by atoms with Crippen LogP contribution < -0.4 is 5.63 Å². The van der Waals surface area contributed by atoms with Crippen LogP contribution in [0.4, 0.5) is 0 Å². The van der Waals surface area contributed by atoms with Gasteiger partial charge in [-0.3, -0.25) is 0 Å². The summed E-state index contributed by atoms with van der Waals surface area (Å²) >= 11 is 1.70. The monoisotopic (exact) mass is 380 g/mol. The molecule has 0 aliphatic heterocycles. The maximum Gasteiger partial charge on any atom is 0.343 e. The van der Waals surface area contributed by atoms with Gasteiger partial charge in [-0.1, -0.05) is 43.3 Å². The van der Waals surface area contributed by atoms with Crippen LogP contribution in [0.5, 0.6) is 5.75 Å². The first kappa shape index (κ1) is 18.1.